The molecular weight excluding hydrogens is 408 g/mol. The van der Waals surface area contributed by atoms with E-state index in [-0.39, 0.29) is 5.92 Å². The molecule has 0 radical (unpaired) electrons. The van der Waals surface area contributed by atoms with Gasteiger partial charge in [0.1, 0.15) is 11.3 Å². The standard InChI is InChI=1S/C27H32N6/c1-33(22-14-12-20(13-15-22)19-8-4-2-5-9-19)17-16-23(21-10-6-3-7-11-21)24-18-25(28)29-27-26(24)30-32-31-27/h2-11,18,20,22-23H,12-17H2,1H3,(H3,28,29,30,31,32)/t20-,22-,23-/m1/s1. The van der Waals surface area contributed by atoms with E-state index >= 15 is 0 Å². The van der Waals surface area contributed by atoms with Crippen molar-refractivity contribution in [1.29, 1.82) is 0 Å². The number of pyridine rings is 1. The first-order valence-electron chi connectivity index (χ1n) is 12.0. The number of hydrogen-bond acceptors (Lipinski definition) is 5. The number of rotatable bonds is 7. The van der Waals surface area contributed by atoms with Gasteiger partial charge in [-0.3, -0.25) is 0 Å². The molecule has 1 aliphatic carbocycles. The molecule has 2 aromatic carbocycles. The summed E-state index contributed by atoms with van der Waals surface area (Å²) in [4.78, 5) is 6.92. The fourth-order valence-corrected chi connectivity index (χ4v) is 5.43. The summed E-state index contributed by atoms with van der Waals surface area (Å²) in [5.41, 5.74) is 11.5. The van der Waals surface area contributed by atoms with Gasteiger partial charge in [-0.2, -0.15) is 0 Å². The molecule has 4 aromatic rings. The van der Waals surface area contributed by atoms with Gasteiger partial charge in [0, 0.05) is 12.0 Å². The molecule has 2 aromatic heterocycles. The molecule has 1 fully saturated rings. The maximum atomic E-state index is 6.14. The highest BCUT2D eigenvalue weighted by Gasteiger charge is 2.26. The van der Waals surface area contributed by atoms with Gasteiger partial charge in [0.2, 0.25) is 0 Å². The Bertz CT molecular complexity index is 1170. The lowest BCUT2D eigenvalue weighted by Gasteiger charge is -2.35. The number of nitrogens with one attached hydrogen (secondary N) is 1. The van der Waals surface area contributed by atoms with Gasteiger partial charge in [0.05, 0.1) is 0 Å². The smallest absolute Gasteiger partial charge is 0.178 e. The van der Waals surface area contributed by atoms with E-state index in [1.54, 1.807) is 0 Å². The van der Waals surface area contributed by atoms with Crippen LogP contribution in [0.15, 0.2) is 66.7 Å². The minimum Gasteiger partial charge on any atom is -0.384 e. The van der Waals surface area contributed by atoms with E-state index in [1.807, 2.05) is 6.07 Å². The van der Waals surface area contributed by atoms with Crippen LogP contribution in [0, 0.1) is 0 Å². The Morgan fingerprint density at radius 1 is 1.00 bits per heavy atom. The molecule has 0 bridgehead atoms. The summed E-state index contributed by atoms with van der Waals surface area (Å²) < 4.78 is 0. The molecule has 0 saturated heterocycles. The number of benzene rings is 2. The Labute approximate surface area is 195 Å². The molecule has 3 N–H and O–H groups in total. The number of nitrogen functional groups attached to an aromatic ring is 1. The summed E-state index contributed by atoms with van der Waals surface area (Å²) in [5.74, 6) is 1.39. The molecule has 33 heavy (non-hydrogen) atoms. The first-order valence-corrected chi connectivity index (χ1v) is 12.0. The lowest BCUT2D eigenvalue weighted by molar-refractivity contribution is 0.179. The minimum atomic E-state index is 0.187. The van der Waals surface area contributed by atoms with E-state index in [4.69, 9.17) is 5.73 Å². The van der Waals surface area contributed by atoms with Crippen LogP contribution in [0.4, 0.5) is 5.82 Å². The molecule has 0 spiro atoms. The third-order valence-electron chi connectivity index (χ3n) is 7.29. The zero-order valence-corrected chi connectivity index (χ0v) is 19.2. The molecule has 2 heterocycles. The normalized spacial score (nSPS) is 19.7. The van der Waals surface area contributed by atoms with Crippen molar-refractivity contribution in [3.63, 3.8) is 0 Å². The van der Waals surface area contributed by atoms with Crippen molar-refractivity contribution < 1.29 is 0 Å². The Hall–Kier alpha value is -3.25. The Balaban J connectivity index is 1.30. The zero-order chi connectivity index (χ0) is 22.6. The highest BCUT2D eigenvalue weighted by molar-refractivity contribution is 5.77. The third kappa shape index (κ3) is 4.76. The van der Waals surface area contributed by atoms with Gasteiger partial charge in [-0.05, 0) is 74.4 Å². The maximum Gasteiger partial charge on any atom is 0.178 e. The van der Waals surface area contributed by atoms with Crippen molar-refractivity contribution in [1.82, 2.24) is 25.3 Å². The summed E-state index contributed by atoms with van der Waals surface area (Å²) in [7, 11) is 2.28. The second-order valence-corrected chi connectivity index (χ2v) is 9.29. The summed E-state index contributed by atoms with van der Waals surface area (Å²) in [6, 6.07) is 24.2. The highest BCUT2D eigenvalue weighted by atomic mass is 15.3. The molecule has 170 valence electrons. The predicted octanol–water partition coefficient (Wildman–Crippen LogP) is 5.12. The van der Waals surface area contributed by atoms with Crippen LogP contribution >= 0.6 is 0 Å². The van der Waals surface area contributed by atoms with Crippen molar-refractivity contribution in [2.75, 3.05) is 19.3 Å². The first kappa shape index (κ1) is 21.6. The summed E-state index contributed by atoms with van der Waals surface area (Å²) >= 11 is 0. The van der Waals surface area contributed by atoms with Crippen molar-refractivity contribution in [2.45, 2.75) is 50.0 Å². The molecule has 1 saturated carbocycles. The fourth-order valence-electron chi connectivity index (χ4n) is 5.43. The summed E-state index contributed by atoms with van der Waals surface area (Å²) in [5, 5.41) is 11.2. The van der Waals surface area contributed by atoms with E-state index < -0.39 is 0 Å². The first-order chi connectivity index (χ1) is 16.2. The molecule has 0 unspecified atom stereocenters. The molecule has 6 nitrogen and oxygen atoms in total. The van der Waals surface area contributed by atoms with Crippen LogP contribution in [-0.4, -0.2) is 44.9 Å². The van der Waals surface area contributed by atoms with Crippen LogP contribution in [0.1, 0.15) is 60.6 Å². The van der Waals surface area contributed by atoms with E-state index in [2.05, 4.69) is 93.0 Å². The Morgan fingerprint density at radius 2 is 1.70 bits per heavy atom. The number of aromatic amines is 1. The second kappa shape index (κ2) is 9.71. The SMILES string of the molecule is CN(CC[C@H](c1ccccc1)c1cc(N)nc2[nH]nnc12)[C@H]1CC[C@H](c2ccccc2)CC1. The molecule has 5 rings (SSSR count). The van der Waals surface area contributed by atoms with E-state index in [0.29, 0.717) is 23.4 Å². The van der Waals surface area contributed by atoms with Gasteiger partial charge in [-0.15, -0.1) is 5.10 Å². The number of fused-ring (bicyclic) bond motifs is 1. The lowest BCUT2D eigenvalue weighted by Crippen LogP contribution is -2.36. The van der Waals surface area contributed by atoms with Crippen molar-refractivity contribution in [3.8, 4) is 0 Å². The van der Waals surface area contributed by atoms with Gasteiger partial charge >= 0.3 is 0 Å². The van der Waals surface area contributed by atoms with Crippen LogP contribution in [0.2, 0.25) is 0 Å². The van der Waals surface area contributed by atoms with Crippen LogP contribution in [0.25, 0.3) is 11.2 Å². The highest BCUT2D eigenvalue weighted by Crippen LogP contribution is 2.36. The van der Waals surface area contributed by atoms with Crippen LogP contribution in [-0.2, 0) is 0 Å². The molecule has 6 heteroatoms. The van der Waals surface area contributed by atoms with Crippen molar-refractivity contribution in [2.24, 2.45) is 0 Å². The number of H-pyrrole nitrogens is 1. The fraction of sp³-hybridized carbons (Fsp3) is 0.370. The van der Waals surface area contributed by atoms with Gasteiger partial charge in [-0.25, -0.2) is 10.1 Å². The van der Waals surface area contributed by atoms with E-state index in [0.717, 1.165) is 24.0 Å². The quantitative estimate of drug-likeness (QED) is 0.417. The zero-order valence-electron chi connectivity index (χ0n) is 19.2. The van der Waals surface area contributed by atoms with E-state index in [9.17, 15) is 0 Å². The molecule has 1 aliphatic rings. The van der Waals surface area contributed by atoms with E-state index in [1.165, 1.54) is 36.8 Å². The average Bonchev–Trinajstić information content (AvgIpc) is 3.34. The van der Waals surface area contributed by atoms with Gasteiger partial charge < -0.3 is 10.6 Å². The van der Waals surface area contributed by atoms with Crippen LogP contribution in [0.5, 0.6) is 0 Å². The third-order valence-corrected chi connectivity index (χ3v) is 7.29. The Kier molecular flexibility index (Phi) is 6.35. The van der Waals surface area contributed by atoms with Gasteiger partial charge in [-0.1, -0.05) is 65.9 Å². The Morgan fingerprint density at radius 3 is 2.42 bits per heavy atom. The van der Waals surface area contributed by atoms with Crippen LogP contribution < -0.4 is 5.73 Å². The average molecular weight is 441 g/mol. The van der Waals surface area contributed by atoms with Gasteiger partial charge in [0.25, 0.3) is 0 Å². The number of anilines is 1. The minimum absolute atomic E-state index is 0.187. The molecule has 0 aliphatic heterocycles. The van der Waals surface area contributed by atoms with Gasteiger partial charge in [0.15, 0.2) is 5.65 Å². The maximum absolute atomic E-state index is 6.14. The largest absolute Gasteiger partial charge is 0.384 e. The van der Waals surface area contributed by atoms with Crippen molar-refractivity contribution in [3.05, 3.63) is 83.4 Å². The topological polar surface area (TPSA) is 83.7 Å². The monoisotopic (exact) mass is 440 g/mol. The number of hydrogen-bond donors (Lipinski definition) is 2. The lowest BCUT2D eigenvalue weighted by atomic mass is 9.81. The number of nitrogens with zero attached hydrogens (tertiary/aromatic N) is 4. The molecule has 0 amide bonds. The number of nitrogens with two attached hydrogens (primary N) is 1. The molecular formula is C27H32N6. The summed E-state index contributed by atoms with van der Waals surface area (Å²) in [6.07, 6.45) is 6.03. The number of aromatic nitrogens is 4. The predicted molar refractivity (Wildman–Crippen MR) is 133 cm³/mol. The second-order valence-electron chi connectivity index (χ2n) is 9.29. The van der Waals surface area contributed by atoms with Crippen molar-refractivity contribution >= 4 is 17.0 Å². The molecule has 1 atom stereocenters. The van der Waals surface area contributed by atoms with Crippen LogP contribution in [0.3, 0.4) is 0 Å². The summed E-state index contributed by atoms with van der Waals surface area (Å²) in [6.45, 7) is 1.02.